The molecule has 0 fully saturated rings. The second-order valence-corrected chi connectivity index (χ2v) is 10.3. The Balaban J connectivity index is 3.03. The molecule has 0 atom stereocenters. The van der Waals surface area contributed by atoms with Gasteiger partial charge in [-0.2, -0.15) is 0 Å². The van der Waals surface area contributed by atoms with E-state index in [-0.39, 0.29) is 11.5 Å². The van der Waals surface area contributed by atoms with E-state index >= 15 is 0 Å². The molecule has 2 N–H and O–H groups in total. The minimum Gasteiger partial charge on any atom is -0.505 e. The Morgan fingerprint density at radius 3 is 0.727 bits per heavy atom. The zero-order chi connectivity index (χ0) is 16.9. The van der Waals surface area contributed by atoms with Crippen molar-refractivity contribution in [2.75, 3.05) is 0 Å². The van der Waals surface area contributed by atoms with Gasteiger partial charge in [0.2, 0.25) is 0 Å². The highest BCUT2D eigenvalue weighted by atomic mass is 79.9. The van der Waals surface area contributed by atoms with E-state index in [2.05, 4.69) is 127 Å². The van der Waals surface area contributed by atoms with Gasteiger partial charge in [0.25, 0.3) is 0 Å². The zero-order valence-electron chi connectivity index (χ0n) is 9.92. The summed E-state index contributed by atoms with van der Waals surface area (Å²) in [6, 6.07) is 0. The van der Waals surface area contributed by atoms with Crippen LogP contribution in [0.4, 0.5) is 0 Å². The molecule has 0 aliphatic heterocycles. The molecule has 0 bridgehead atoms. The smallest absolute Gasteiger partial charge is 0.146 e. The molecule has 22 heavy (non-hydrogen) atoms. The van der Waals surface area contributed by atoms with Gasteiger partial charge in [0.15, 0.2) is 0 Å². The monoisotopic (exact) mass is 809 g/mol. The normalized spacial score (nSPS) is 11.1. The van der Waals surface area contributed by atoms with Gasteiger partial charge in [0.05, 0.1) is 17.9 Å². The Morgan fingerprint density at radius 2 is 0.545 bits per heavy atom. The maximum absolute atomic E-state index is 10.1. The van der Waals surface area contributed by atoms with E-state index in [1.54, 1.807) is 0 Å². The molecule has 0 unspecified atom stereocenters. The van der Waals surface area contributed by atoms with Gasteiger partial charge in [0, 0.05) is 29.0 Å². The molecule has 0 aliphatic rings. The third-order valence-corrected chi connectivity index (χ3v) is 11.1. The number of benzene rings is 2. The maximum Gasteiger partial charge on any atom is 0.146 e. The van der Waals surface area contributed by atoms with Crippen molar-refractivity contribution in [1.29, 1.82) is 0 Å². The molecule has 2 aromatic carbocycles. The molecule has 2 nitrogen and oxygen atoms in total. The summed E-state index contributed by atoms with van der Waals surface area (Å²) in [5.41, 5.74) is 1.55. The van der Waals surface area contributed by atoms with Crippen LogP contribution >= 0.6 is 127 Å². The molecular weight excluding hydrogens is 815 g/mol. The fourth-order valence-electron chi connectivity index (χ4n) is 1.68. The summed E-state index contributed by atoms with van der Waals surface area (Å²) in [6.07, 6.45) is 0. The van der Waals surface area contributed by atoms with E-state index in [9.17, 15) is 10.2 Å². The second-order valence-electron chi connectivity index (χ2n) is 3.96. The van der Waals surface area contributed by atoms with Gasteiger partial charge >= 0.3 is 0 Å². The van der Waals surface area contributed by atoms with Crippen molar-refractivity contribution in [3.8, 4) is 22.6 Å². The maximum atomic E-state index is 10.1. The molecule has 2 rings (SSSR count). The van der Waals surface area contributed by atoms with Crippen LogP contribution in [0.5, 0.6) is 11.5 Å². The van der Waals surface area contributed by atoms with Crippen molar-refractivity contribution >= 4 is 127 Å². The topological polar surface area (TPSA) is 40.5 Å². The highest BCUT2D eigenvalue weighted by Crippen LogP contribution is 2.56. The van der Waals surface area contributed by atoms with E-state index in [1.165, 1.54) is 0 Å². The van der Waals surface area contributed by atoms with Gasteiger partial charge in [-0.1, -0.05) is 0 Å². The molecule has 0 saturated heterocycles. The number of phenolic OH excluding ortho intramolecular Hbond substituents is 2. The molecule has 0 saturated carbocycles. The van der Waals surface area contributed by atoms with Gasteiger partial charge in [-0.15, -0.1) is 0 Å². The molecule has 0 heterocycles. The molecule has 2 aromatic rings. The lowest BCUT2D eigenvalue weighted by atomic mass is 10.1. The molecule has 0 radical (unpaired) electrons. The Hall–Kier alpha value is 1.88. The summed E-state index contributed by atoms with van der Waals surface area (Å²) in [4.78, 5) is 0. The Labute approximate surface area is 193 Å². The molecule has 0 aromatic heterocycles. The van der Waals surface area contributed by atoms with Crippen molar-refractivity contribution < 1.29 is 10.2 Å². The van der Waals surface area contributed by atoms with Crippen LogP contribution in [0.15, 0.2) is 35.8 Å². The first-order chi connectivity index (χ1) is 10.1. The first kappa shape index (κ1) is 20.2. The van der Waals surface area contributed by atoms with Crippen molar-refractivity contribution in [1.82, 2.24) is 0 Å². The number of hydrogen-bond acceptors (Lipinski definition) is 2. The fraction of sp³-hybridized carbons (Fsp3) is 0. The lowest BCUT2D eigenvalue weighted by Crippen LogP contribution is -1.92. The van der Waals surface area contributed by atoms with Crippen LogP contribution in [0.25, 0.3) is 11.1 Å². The van der Waals surface area contributed by atoms with E-state index in [1.807, 2.05) is 0 Å². The average molecular weight is 817 g/mol. The third-order valence-electron chi connectivity index (χ3n) is 2.73. The summed E-state index contributed by atoms with van der Waals surface area (Å²) in [6.45, 7) is 0. The number of hydrogen-bond donors (Lipinski definition) is 2. The quantitative estimate of drug-likeness (QED) is 0.283. The van der Waals surface area contributed by atoms with Gasteiger partial charge < -0.3 is 10.2 Å². The van der Waals surface area contributed by atoms with Crippen LogP contribution in [-0.4, -0.2) is 10.2 Å². The third kappa shape index (κ3) is 3.29. The van der Waals surface area contributed by atoms with Crippen LogP contribution in [0.1, 0.15) is 0 Å². The molecular formula is C12H2Br8O2. The predicted molar refractivity (Wildman–Crippen MR) is 117 cm³/mol. The van der Waals surface area contributed by atoms with Gasteiger partial charge in [-0.05, 0) is 127 Å². The largest absolute Gasteiger partial charge is 0.505 e. The highest BCUT2D eigenvalue weighted by Gasteiger charge is 2.26. The second kappa shape index (κ2) is 7.63. The van der Waals surface area contributed by atoms with E-state index in [0.717, 1.165) is 11.1 Å². The van der Waals surface area contributed by atoms with Gasteiger partial charge in [-0.3, -0.25) is 0 Å². The minimum atomic E-state index is 0.0756. The lowest BCUT2D eigenvalue weighted by Gasteiger charge is -2.18. The van der Waals surface area contributed by atoms with Crippen molar-refractivity contribution in [3.05, 3.63) is 35.8 Å². The van der Waals surface area contributed by atoms with Crippen LogP contribution in [0.2, 0.25) is 0 Å². The molecule has 0 aliphatic carbocycles. The number of aromatic hydroxyl groups is 2. The van der Waals surface area contributed by atoms with E-state index < -0.39 is 0 Å². The first-order valence-corrected chi connectivity index (χ1v) is 11.6. The van der Waals surface area contributed by atoms with Crippen LogP contribution in [-0.2, 0) is 0 Å². The number of halogens is 8. The van der Waals surface area contributed by atoms with Crippen molar-refractivity contribution in [3.63, 3.8) is 0 Å². The number of rotatable bonds is 1. The van der Waals surface area contributed by atoms with Crippen LogP contribution in [0.3, 0.4) is 0 Å². The fourth-order valence-corrected chi connectivity index (χ4v) is 6.67. The average Bonchev–Trinajstić information content (AvgIpc) is 2.50. The van der Waals surface area contributed by atoms with Crippen LogP contribution in [0, 0.1) is 0 Å². The zero-order valence-corrected chi connectivity index (χ0v) is 22.6. The predicted octanol–water partition coefficient (Wildman–Crippen LogP) is 8.86. The summed E-state index contributed by atoms with van der Waals surface area (Å²) >= 11 is 27.4. The Kier molecular flexibility index (Phi) is 7.01. The Bertz CT molecular complexity index is 677. The first-order valence-electron chi connectivity index (χ1n) is 5.21. The summed E-state index contributed by atoms with van der Waals surface area (Å²) < 4.78 is 4.68. The molecule has 118 valence electrons. The summed E-state index contributed by atoms with van der Waals surface area (Å²) in [5.74, 6) is 0.151. The van der Waals surface area contributed by atoms with E-state index in [0.29, 0.717) is 35.8 Å². The Morgan fingerprint density at radius 1 is 0.364 bits per heavy atom. The van der Waals surface area contributed by atoms with Gasteiger partial charge in [0.1, 0.15) is 11.5 Å². The number of phenols is 2. The van der Waals surface area contributed by atoms with Crippen molar-refractivity contribution in [2.45, 2.75) is 0 Å². The lowest BCUT2D eigenvalue weighted by molar-refractivity contribution is 0.466. The molecule has 0 spiro atoms. The minimum absolute atomic E-state index is 0.0756. The molecule has 0 amide bonds. The highest BCUT2D eigenvalue weighted by molar-refractivity contribution is 9.14. The van der Waals surface area contributed by atoms with Crippen molar-refractivity contribution in [2.24, 2.45) is 0 Å². The summed E-state index contributed by atoms with van der Waals surface area (Å²) in [5, 5.41) is 20.2. The van der Waals surface area contributed by atoms with Gasteiger partial charge in [-0.25, -0.2) is 0 Å². The van der Waals surface area contributed by atoms with E-state index in [4.69, 9.17) is 0 Å². The van der Waals surface area contributed by atoms with Crippen LogP contribution < -0.4 is 0 Å². The summed E-state index contributed by atoms with van der Waals surface area (Å²) in [7, 11) is 0. The standard InChI is InChI=1S/C12H2Br8O2/c13-3-1(4(14)8(18)11(21)7(3)17)2-5(15)9(19)12(22)10(20)6(2)16/h21-22H. The SMILES string of the molecule is Oc1c(Br)c(Br)c(-c2c(Br)c(Br)c(O)c(Br)c2Br)c(Br)c1Br. The molecule has 10 heteroatoms.